The molecule has 0 aromatic heterocycles. The predicted molar refractivity (Wildman–Crippen MR) is 90.7 cm³/mol. The Morgan fingerprint density at radius 2 is 1.14 bits per heavy atom. The zero-order valence-corrected chi connectivity index (χ0v) is 12.4. The van der Waals surface area contributed by atoms with Crippen molar-refractivity contribution in [3.63, 3.8) is 0 Å². The lowest BCUT2D eigenvalue weighted by Gasteiger charge is -2.06. The minimum atomic E-state index is 0.247. The number of Topliss-reactive ketones (excluding diaryl/α,β-unsaturated/α-hetero) is 1. The average molecular weight is 286 g/mol. The molecular weight excluding hydrogens is 268 g/mol. The molecule has 1 nitrogen and oxygen atoms in total. The largest absolute Gasteiger partial charge is 0.299 e. The Bertz CT molecular complexity index is 745. The molecule has 0 bridgehead atoms. The van der Waals surface area contributed by atoms with Crippen LogP contribution in [0.3, 0.4) is 0 Å². The zero-order chi connectivity index (χ0) is 15.2. The van der Waals surface area contributed by atoms with Gasteiger partial charge in [0, 0.05) is 12.8 Å². The Morgan fingerprint density at radius 1 is 0.591 bits per heavy atom. The molecule has 3 aromatic rings. The molecule has 0 radical (unpaired) electrons. The molecule has 3 rings (SSSR count). The number of benzene rings is 3. The summed E-state index contributed by atoms with van der Waals surface area (Å²) in [5, 5.41) is 0. The molecule has 0 atom stereocenters. The van der Waals surface area contributed by atoms with E-state index in [1.165, 1.54) is 5.56 Å². The maximum atomic E-state index is 12.2. The van der Waals surface area contributed by atoms with Crippen LogP contribution in [0.1, 0.15) is 11.1 Å². The highest BCUT2D eigenvalue weighted by Gasteiger charge is 2.06. The molecule has 1 heteroatoms. The third-order valence-electron chi connectivity index (χ3n) is 3.68. The van der Waals surface area contributed by atoms with Gasteiger partial charge in [0.15, 0.2) is 0 Å². The van der Waals surface area contributed by atoms with E-state index in [1.54, 1.807) is 0 Å². The molecule has 0 aliphatic heterocycles. The number of hydrogen-bond acceptors (Lipinski definition) is 1. The first kappa shape index (κ1) is 14.3. The Morgan fingerprint density at radius 3 is 1.86 bits per heavy atom. The van der Waals surface area contributed by atoms with Crippen molar-refractivity contribution in [3.8, 4) is 11.1 Å². The second kappa shape index (κ2) is 6.86. The molecule has 3 aromatic carbocycles. The lowest BCUT2D eigenvalue weighted by Crippen LogP contribution is -2.06. The van der Waals surface area contributed by atoms with E-state index >= 15 is 0 Å². The normalized spacial score (nSPS) is 10.4. The quantitative estimate of drug-likeness (QED) is 0.664. The van der Waals surface area contributed by atoms with Crippen LogP contribution in [0, 0.1) is 0 Å². The minimum absolute atomic E-state index is 0.247. The average Bonchev–Trinajstić information content (AvgIpc) is 2.57. The minimum Gasteiger partial charge on any atom is -0.299 e. The van der Waals surface area contributed by atoms with Crippen LogP contribution < -0.4 is 0 Å². The van der Waals surface area contributed by atoms with Crippen LogP contribution in [-0.4, -0.2) is 5.78 Å². The summed E-state index contributed by atoms with van der Waals surface area (Å²) < 4.78 is 0. The standard InChI is InChI=1S/C21H18O/c22-21(15-17-8-3-1-4-9-17)16-18-10-7-13-20(14-18)19-11-5-2-6-12-19/h1-14H,15-16H2. The zero-order valence-electron chi connectivity index (χ0n) is 12.4. The first-order valence-electron chi connectivity index (χ1n) is 7.51. The lowest BCUT2D eigenvalue weighted by atomic mass is 9.99. The lowest BCUT2D eigenvalue weighted by molar-refractivity contribution is -0.117. The van der Waals surface area contributed by atoms with Gasteiger partial charge in [0.25, 0.3) is 0 Å². The molecule has 0 aliphatic rings. The Labute approximate surface area is 131 Å². The van der Waals surface area contributed by atoms with Crippen molar-refractivity contribution < 1.29 is 4.79 Å². The molecule has 108 valence electrons. The molecule has 0 N–H and O–H groups in total. The van der Waals surface area contributed by atoms with Gasteiger partial charge in [-0.15, -0.1) is 0 Å². The molecule has 0 spiro atoms. The van der Waals surface area contributed by atoms with Crippen LogP contribution in [0.25, 0.3) is 11.1 Å². The maximum Gasteiger partial charge on any atom is 0.141 e. The van der Waals surface area contributed by atoms with Crippen molar-refractivity contribution in [2.75, 3.05) is 0 Å². The Kier molecular flexibility index (Phi) is 4.45. The molecule has 0 unspecified atom stereocenters. The molecule has 0 saturated heterocycles. The van der Waals surface area contributed by atoms with Gasteiger partial charge in [0.05, 0.1) is 0 Å². The fraction of sp³-hybridized carbons (Fsp3) is 0.0952. The monoisotopic (exact) mass is 286 g/mol. The first-order valence-corrected chi connectivity index (χ1v) is 7.51. The smallest absolute Gasteiger partial charge is 0.141 e. The summed E-state index contributed by atoms with van der Waals surface area (Å²) in [5.74, 6) is 0.247. The van der Waals surface area contributed by atoms with Gasteiger partial charge in [-0.3, -0.25) is 4.79 Å². The van der Waals surface area contributed by atoms with Crippen LogP contribution in [-0.2, 0) is 17.6 Å². The van der Waals surface area contributed by atoms with E-state index in [0.717, 1.165) is 16.7 Å². The van der Waals surface area contributed by atoms with Gasteiger partial charge < -0.3 is 0 Å². The number of carbonyl (C=O) groups is 1. The number of ketones is 1. The van der Waals surface area contributed by atoms with Crippen LogP contribution in [0.4, 0.5) is 0 Å². The van der Waals surface area contributed by atoms with Crippen molar-refractivity contribution >= 4 is 5.78 Å². The molecule has 0 fully saturated rings. The second-order valence-electron chi connectivity index (χ2n) is 5.44. The van der Waals surface area contributed by atoms with Gasteiger partial charge in [-0.25, -0.2) is 0 Å². The Balaban J connectivity index is 1.72. The van der Waals surface area contributed by atoms with Gasteiger partial charge in [-0.1, -0.05) is 84.9 Å². The highest BCUT2D eigenvalue weighted by atomic mass is 16.1. The van der Waals surface area contributed by atoms with Crippen LogP contribution in [0.15, 0.2) is 84.9 Å². The van der Waals surface area contributed by atoms with E-state index in [2.05, 4.69) is 24.3 Å². The second-order valence-corrected chi connectivity index (χ2v) is 5.44. The van der Waals surface area contributed by atoms with E-state index in [0.29, 0.717) is 12.8 Å². The predicted octanol–water partition coefficient (Wildman–Crippen LogP) is 4.71. The molecule has 0 heterocycles. The highest BCUT2D eigenvalue weighted by molar-refractivity contribution is 5.83. The van der Waals surface area contributed by atoms with Crippen molar-refractivity contribution in [3.05, 3.63) is 96.1 Å². The third kappa shape index (κ3) is 3.70. The van der Waals surface area contributed by atoms with Gasteiger partial charge >= 0.3 is 0 Å². The molecular formula is C21H18O. The number of hydrogen-bond donors (Lipinski definition) is 0. The van der Waals surface area contributed by atoms with E-state index < -0.39 is 0 Å². The van der Waals surface area contributed by atoms with Crippen molar-refractivity contribution in [1.29, 1.82) is 0 Å². The summed E-state index contributed by atoms with van der Waals surface area (Å²) in [6, 6.07) is 28.4. The summed E-state index contributed by atoms with van der Waals surface area (Å²) in [5.41, 5.74) is 4.49. The SMILES string of the molecule is O=C(Cc1ccccc1)Cc1cccc(-c2ccccc2)c1. The topological polar surface area (TPSA) is 17.1 Å². The third-order valence-corrected chi connectivity index (χ3v) is 3.68. The van der Waals surface area contributed by atoms with Gasteiger partial charge in [0.1, 0.15) is 5.78 Å². The van der Waals surface area contributed by atoms with Gasteiger partial charge in [-0.05, 0) is 22.3 Å². The summed E-state index contributed by atoms with van der Waals surface area (Å²) in [4.78, 5) is 12.2. The van der Waals surface area contributed by atoms with Crippen LogP contribution in [0.2, 0.25) is 0 Å². The molecule has 0 amide bonds. The fourth-order valence-electron chi connectivity index (χ4n) is 2.61. The molecule has 0 aliphatic carbocycles. The Hall–Kier alpha value is -2.67. The number of rotatable bonds is 5. The van der Waals surface area contributed by atoms with Crippen LogP contribution in [0.5, 0.6) is 0 Å². The summed E-state index contributed by atoms with van der Waals surface area (Å²) in [6.45, 7) is 0. The van der Waals surface area contributed by atoms with Gasteiger partial charge in [0.2, 0.25) is 0 Å². The molecule has 22 heavy (non-hydrogen) atoms. The van der Waals surface area contributed by atoms with E-state index in [1.807, 2.05) is 60.7 Å². The summed E-state index contributed by atoms with van der Waals surface area (Å²) in [7, 11) is 0. The summed E-state index contributed by atoms with van der Waals surface area (Å²) >= 11 is 0. The first-order chi connectivity index (χ1) is 10.8. The van der Waals surface area contributed by atoms with Crippen molar-refractivity contribution in [2.45, 2.75) is 12.8 Å². The van der Waals surface area contributed by atoms with Crippen LogP contribution >= 0.6 is 0 Å². The highest BCUT2D eigenvalue weighted by Crippen LogP contribution is 2.20. The number of carbonyl (C=O) groups excluding carboxylic acids is 1. The van der Waals surface area contributed by atoms with E-state index in [9.17, 15) is 4.79 Å². The van der Waals surface area contributed by atoms with Gasteiger partial charge in [-0.2, -0.15) is 0 Å². The van der Waals surface area contributed by atoms with E-state index in [4.69, 9.17) is 0 Å². The van der Waals surface area contributed by atoms with Crippen molar-refractivity contribution in [1.82, 2.24) is 0 Å². The molecule has 0 saturated carbocycles. The van der Waals surface area contributed by atoms with Crippen molar-refractivity contribution in [2.24, 2.45) is 0 Å². The fourth-order valence-corrected chi connectivity index (χ4v) is 2.61. The summed E-state index contributed by atoms with van der Waals surface area (Å²) in [6.07, 6.45) is 0.978. The maximum absolute atomic E-state index is 12.2. The van der Waals surface area contributed by atoms with E-state index in [-0.39, 0.29) is 5.78 Å².